The lowest BCUT2D eigenvalue weighted by atomic mass is 10.1. The van der Waals surface area contributed by atoms with Crippen LogP contribution in [0.1, 0.15) is 142 Å². The minimum absolute atomic E-state index is 0.201. The zero-order valence-corrected chi connectivity index (χ0v) is 21.8. The third-order valence-electron chi connectivity index (χ3n) is 6.51. The Labute approximate surface area is 203 Å². The van der Waals surface area contributed by atoms with Gasteiger partial charge in [-0.2, -0.15) is 0 Å². The van der Waals surface area contributed by atoms with Gasteiger partial charge in [-0.15, -0.1) is 0 Å². The Morgan fingerprint density at radius 2 is 0.848 bits per heavy atom. The molecule has 1 saturated heterocycles. The monoisotopic (exact) mass is 468 g/mol. The van der Waals surface area contributed by atoms with Crippen LogP contribution in [0.15, 0.2) is 0 Å². The number of rotatable bonds is 22. The van der Waals surface area contributed by atoms with Gasteiger partial charge < -0.3 is 14.2 Å². The standard InChI is InChI=1S/C28H52O5/c1-3-5-7-9-11-13-15-17-19-21-27(29)32-25-23-31-24-26(25)33-28(30)22-20-18-16-14-12-10-8-6-4-2/h25-26H,3-24H2,1-2H3. The van der Waals surface area contributed by atoms with Crippen LogP contribution in [0.25, 0.3) is 0 Å². The fraction of sp³-hybridized carbons (Fsp3) is 0.929. The molecule has 0 aromatic heterocycles. The molecule has 0 bridgehead atoms. The van der Waals surface area contributed by atoms with Gasteiger partial charge in [-0.3, -0.25) is 9.59 Å². The van der Waals surface area contributed by atoms with E-state index in [-0.39, 0.29) is 11.9 Å². The van der Waals surface area contributed by atoms with Gasteiger partial charge in [0.05, 0.1) is 13.2 Å². The molecule has 2 unspecified atom stereocenters. The number of carbonyl (C=O) groups excluding carboxylic acids is 2. The minimum atomic E-state index is -0.455. The second-order valence-electron chi connectivity index (χ2n) is 9.75. The minimum Gasteiger partial charge on any atom is -0.456 e. The molecule has 33 heavy (non-hydrogen) atoms. The third-order valence-corrected chi connectivity index (χ3v) is 6.51. The van der Waals surface area contributed by atoms with Crippen LogP contribution in [0.2, 0.25) is 0 Å². The summed E-state index contributed by atoms with van der Waals surface area (Å²) in [6.45, 7) is 5.11. The molecule has 2 atom stereocenters. The highest BCUT2D eigenvalue weighted by molar-refractivity contribution is 5.70. The highest BCUT2D eigenvalue weighted by atomic mass is 16.6. The van der Waals surface area contributed by atoms with E-state index in [0.717, 1.165) is 25.7 Å². The normalized spacial score (nSPS) is 17.9. The number of unbranched alkanes of at least 4 members (excludes halogenated alkanes) is 16. The first-order chi connectivity index (χ1) is 16.2. The van der Waals surface area contributed by atoms with Crippen LogP contribution in [0, 0.1) is 0 Å². The maximum atomic E-state index is 12.2. The first-order valence-corrected chi connectivity index (χ1v) is 14.1. The van der Waals surface area contributed by atoms with Crippen LogP contribution in [-0.2, 0) is 23.8 Å². The molecule has 0 aliphatic carbocycles. The Morgan fingerprint density at radius 3 is 1.18 bits per heavy atom. The Bertz CT molecular complexity index is 437. The molecule has 0 amide bonds. The smallest absolute Gasteiger partial charge is 0.306 e. The Balaban J connectivity index is 2.03. The van der Waals surface area contributed by atoms with E-state index in [1.807, 2.05) is 0 Å². The Hall–Kier alpha value is -1.10. The zero-order chi connectivity index (χ0) is 24.0. The van der Waals surface area contributed by atoms with E-state index >= 15 is 0 Å². The average molecular weight is 469 g/mol. The van der Waals surface area contributed by atoms with Crippen LogP contribution in [0.5, 0.6) is 0 Å². The molecule has 1 rings (SSSR count). The lowest BCUT2D eigenvalue weighted by Crippen LogP contribution is -2.33. The van der Waals surface area contributed by atoms with Crippen molar-refractivity contribution in [1.29, 1.82) is 0 Å². The predicted molar refractivity (Wildman–Crippen MR) is 134 cm³/mol. The summed E-state index contributed by atoms with van der Waals surface area (Å²) < 4.78 is 16.5. The van der Waals surface area contributed by atoms with Gasteiger partial charge in [-0.1, -0.05) is 117 Å². The third kappa shape index (κ3) is 17.1. The van der Waals surface area contributed by atoms with Crippen molar-refractivity contribution < 1.29 is 23.8 Å². The fourth-order valence-electron chi connectivity index (χ4n) is 4.35. The van der Waals surface area contributed by atoms with Crippen molar-refractivity contribution in [3.8, 4) is 0 Å². The van der Waals surface area contributed by atoms with E-state index in [2.05, 4.69) is 13.8 Å². The number of hydrogen-bond donors (Lipinski definition) is 0. The van der Waals surface area contributed by atoms with Gasteiger partial charge in [0, 0.05) is 12.8 Å². The molecule has 1 aliphatic rings. The number of carbonyl (C=O) groups is 2. The molecule has 5 heteroatoms. The summed E-state index contributed by atoms with van der Waals surface area (Å²) in [6, 6.07) is 0. The molecule has 0 radical (unpaired) electrons. The molecule has 0 N–H and O–H groups in total. The molecule has 0 aromatic rings. The first-order valence-electron chi connectivity index (χ1n) is 14.1. The van der Waals surface area contributed by atoms with Gasteiger partial charge >= 0.3 is 11.9 Å². The van der Waals surface area contributed by atoms with Crippen LogP contribution in [-0.4, -0.2) is 37.4 Å². The lowest BCUT2D eigenvalue weighted by molar-refractivity contribution is -0.164. The van der Waals surface area contributed by atoms with Gasteiger partial charge in [-0.25, -0.2) is 0 Å². The van der Waals surface area contributed by atoms with Gasteiger partial charge in [0.15, 0.2) is 12.2 Å². The number of ether oxygens (including phenoxy) is 3. The van der Waals surface area contributed by atoms with Crippen LogP contribution in [0.3, 0.4) is 0 Å². The van der Waals surface area contributed by atoms with Crippen LogP contribution < -0.4 is 0 Å². The summed E-state index contributed by atoms with van der Waals surface area (Å²) in [5.41, 5.74) is 0. The van der Waals surface area contributed by atoms with Crippen LogP contribution >= 0.6 is 0 Å². The molecule has 5 nitrogen and oxygen atoms in total. The topological polar surface area (TPSA) is 61.8 Å². The van der Waals surface area contributed by atoms with Gasteiger partial charge in [-0.05, 0) is 12.8 Å². The summed E-state index contributed by atoms with van der Waals surface area (Å²) in [6.07, 6.45) is 21.9. The quantitative estimate of drug-likeness (QED) is 0.120. The zero-order valence-electron chi connectivity index (χ0n) is 21.8. The molecule has 194 valence electrons. The van der Waals surface area contributed by atoms with Gasteiger partial charge in [0.1, 0.15) is 0 Å². The van der Waals surface area contributed by atoms with E-state index in [1.54, 1.807) is 0 Å². The molecule has 0 spiro atoms. The largest absolute Gasteiger partial charge is 0.456 e. The Morgan fingerprint density at radius 1 is 0.545 bits per heavy atom. The van der Waals surface area contributed by atoms with Crippen molar-refractivity contribution in [2.45, 2.75) is 154 Å². The average Bonchev–Trinajstić information content (AvgIpc) is 3.23. The highest BCUT2D eigenvalue weighted by Crippen LogP contribution is 2.18. The summed E-state index contributed by atoms with van der Waals surface area (Å²) in [5.74, 6) is -0.401. The van der Waals surface area contributed by atoms with E-state index in [4.69, 9.17) is 14.2 Å². The predicted octanol–water partition coefficient (Wildman–Crippen LogP) is 7.68. The van der Waals surface area contributed by atoms with Crippen LogP contribution in [0.4, 0.5) is 0 Å². The summed E-state index contributed by atoms with van der Waals surface area (Å²) >= 11 is 0. The second-order valence-corrected chi connectivity index (χ2v) is 9.75. The van der Waals surface area contributed by atoms with E-state index in [1.165, 1.54) is 89.9 Å². The molecule has 0 aromatic carbocycles. The molecule has 1 aliphatic heterocycles. The van der Waals surface area contributed by atoms with Crippen molar-refractivity contribution in [3.05, 3.63) is 0 Å². The Kier molecular flexibility index (Phi) is 19.4. The van der Waals surface area contributed by atoms with Crippen molar-refractivity contribution in [2.24, 2.45) is 0 Å². The lowest BCUT2D eigenvalue weighted by Gasteiger charge is -2.18. The number of esters is 2. The second kappa shape index (κ2) is 21.4. The van der Waals surface area contributed by atoms with E-state index in [9.17, 15) is 9.59 Å². The van der Waals surface area contributed by atoms with Crippen molar-refractivity contribution in [1.82, 2.24) is 0 Å². The molecule has 1 fully saturated rings. The van der Waals surface area contributed by atoms with Gasteiger partial charge in [0.25, 0.3) is 0 Å². The summed E-state index contributed by atoms with van der Waals surface area (Å²) in [4.78, 5) is 24.3. The van der Waals surface area contributed by atoms with Gasteiger partial charge in [0.2, 0.25) is 0 Å². The molecular weight excluding hydrogens is 416 g/mol. The maximum absolute atomic E-state index is 12.2. The van der Waals surface area contributed by atoms with E-state index < -0.39 is 12.2 Å². The van der Waals surface area contributed by atoms with E-state index in [0.29, 0.717) is 26.1 Å². The number of hydrogen-bond acceptors (Lipinski definition) is 5. The van der Waals surface area contributed by atoms with Crippen molar-refractivity contribution in [2.75, 3.05) is 13.2 Å². The molecular formula is C28H52O5. The first kappa shape index (κ1) is 29.9. The fourth-order valence-corrected chi connectivity index (χ4v) is 4.35. The maximum Gasteiger partial charge on any atom is 0.306 e. The summed E-state index contributed by atoms with van der Waals surface area (Å²) in [5, 5.41) is 0. The SMILES string of the molecule is CCCCCCCCCCCC(=O)OC1COCC1OC(=O)CCCCCCCCCCC. The van der Waals surface area contributed by atoms with Crippen molar-refractivity contribution in [3.63, 3.8) is 0 Å². The van der Waals surface area contributed by atoms with Crippen molar-refractivity contribution >= 4 is 11.9 Å². The molecule has 0 saturated carbocycles. The molecule has 1 heterocycles. The highest BCUT2D eigenvalue weighted by Gasteiger charge is 2.34. The summed E-state index contributed by atoms with van der Waals surface area (Å²) in [7, 11) is 0.